The first-order valence-corrected chi connectivity index (χ1v) is 9.91. The van der Waals surface area contributed by atoms with Gasteiger partial charge in [0.2, 0.25) is 5.91 Å². The van der Waals surface area contributed by atoms with Gasteiger partial charge in [0.25, 0.3) is 0 Å². The molecule has 0 spiro atoms. The van der Waals surface area contributed by atoms with Crippen molar-refractivity contribution in [1.82, 2.24) is 19.7 Å². The van der Waals surface area contributed by atoms with E-state index in [1.165, 1.54) is 18.7 Å². The van der Waals surface area contributed by atoms with E-state index in [2.05, 4.69) is 27.1 Å². The normalized spacial score (nSPS) is 11.7. The van der Waals surface area contributed by atoms with Crippen molar-refractivity contribution < 1.29 is 9.59 Å². The van der Waals surface area contributed by atoms with Gasteiger partial charge in [-0.2, -0.15) is 0 Å². The van der Waals surface area contributed by atoms with Crippen molar-refractivity contribution in [2.75, 3.05) is 5.32 Å². The number of rotatable bonds is 8. The number of hydrogen-bond donors (Lipinski definition) is 1. The lowest BCUT2D eigenvalue weighted by atomic mass is 10.1. The van der Waals surface area contributed by atoms with E-state index in [1.807, 2.05) is 16.7 Å². The third-order valence-electron chi connectivity index (χ3n) is 4.18. The lowest BCUT2D eigenvalue weighted by Gasteiger charge is -2.14. The van der Waals surface area contributed by atoms with Crippen LogP contribution < -0.4 is 5.32 Å². The van der Waals surface area contributed by atoms with Gasteiger partial charge in [-0.05, 0) is 38.1 Å². The third-order valence-corrected chi connectivity index (χ3v) is 5.26. The smallest absolute Gasteiger partial charge is 0.237 e. The highest BCUT2D eigenvalue weighted by Crippen LogP contribution is 2.27. The number of para-hydroxylation sites is 1. The predicted octanol–water partition coefficient (Wildman–Crippen LogP) is 3.85. The van der Waals surface area contributed by atoms with Gasteiger partial charge in [0, 0.05) is 30.1 Å². The molecule has 8 heteroatoms. The van der Waals surface area contributed by atoms with Crippen molar-refractivity contribution in [3.8, 4) is 11.4 Å². The number of carbonyl (C=O) groups is 2. The zero-order valence-electron chi connectivity index (χ0n) is 16.2. The molecule has 0 fully saturated rings. The van der Waals surface area contributed by atoms with Gasteiger partial charge in [-0.3, -0.25) is 19.1 Å². The summed E-state index contributed by atoms with van der Waals surface area (Å²) in [4.78, 5) is 28.5. The highest BCUT2D eigenvalue weighted by atomic mass is 32.2. The van der Waals surface area contributed by atoms with Crippen molar-refractivity contribution in [3.63, 3.8) is 0 Å². The summed E-state index contributed by atoms with van der Waals surface area (Å²) in [7, 11) is 0. The number of ketones is 1. The number of carbonyl (C=O) groups excluding carboxylic acids is 2. The Balaban J connectivity index is 1.79. The fourth-order valence-electron chi connectivity index (χ4n) is 2.73. The molecule has 0 bridgehead atoms. The Kier molecular flexibility index (Phi) is 6.56. The maximum atomic E-state index is 12.7. The molecule has 3 rings (SSSR count). The second-order valence-corrected chi connectivity index (χ2v) is 7.60. The molecule has 1 amide bonds. The average Bonchev–Trinajstić information content (AvgIpc) is 3.11. The number of anilines is 1. The van der Waals surface area contributed by atoms with Gasteiger partial charge < -0.3 is 5.32 Å². The largest absolute Gasteiger partial charge is 0.324 e. The van der Waals surface area contributed by atoms with Crippen LogP contribution in [0.5, 0.6) is 0 Å². The molecule has 1 N–H and O–H groups in total. The van der Waals surface area contributed by atoms with E-state index in [4.69, 9.17) is 0 Å². The number of hydrogen-bond acceptors (Lipinski definition) is 6. The topological polar surface area (TPSA) is 89.8 Å². The van der Waals surface area contributed by atoms with Gasteiger partial charge >= 0.3 is 0 Å². The van der Waals surface area contributed by atoms with Crippen LogP contribution in [0.25, 0.3) is 11.4 Å². The fraction of sp³-hybridized carbons (Fsp3) is 0.190. The zero-order valence-corrected chi connectivity index (χ0v) is 17.0. The van der Waals surface area contributed by atoms with Crippen LogP contribution >= 0.6 is 11.8 Å². The summed E-state index contributed by atoms with van der Waals surface area (Å²) in [6.45, 7) is 7.57. The molecule has 7 nitrogen and oxygen atoms in total. The second-order valence-electron chi connectivity index (χ2n) is 6.29. The number of thioether (sulfide) groups is 1. The molecule has 148 valence electrons. The zero-order chi connectivity index (χ0) is 20.8. The molecule has 0 aliphatic rings. The summed E-state index contributed by atoms with van der Waals surface area (Å²) >= 11 is 1.30. The van der Waals surface area contributed by atoms with Crippen LogP contribution in [0.4, 0.5) is 5.69 Å². The Labute approximate surface area is 173 Å². The lowest BCUT2D eigenvalue weighted by Crippen LogP contribution is -2.24. The molecule has 2 aromatic heterocycles. The maximum absolute atomic E-state index is 12.7. The first-order chi connectivity index (χ1) is 14.0. The average molecular weight is 407 g/mol. The molecule has 0 unspecified atom stereocenters. The van der Waals surface area contributed by atoms with Crippen molar-refractivity contribution >= 4 is 29.1 Å². The number of nitrogens with zero attached hydrogens (tertiary/aromatic N) is 4. The Bertz CT molecular complexity index is 1030. The van der Waals surface area contributed by atoms with E-state index in [0.717, 1.165) is 5.56 Å². The maximum Gasteiger partial charge on any atom is 0.237 e. The molecular weight excluding hydrogens is 386 g/mol. The lowest BCUT2D eigenvalue weighted by molar-refractivity contribution is -0.115. The number of amides is 1. The van der Waals surface area contributed by atoms with Crippen LogP contribution in [0.15, 0.2) is 66.6 Å². The molecule has 0 aliphatic heterocycles. The van der Waals surface area contributed by atoms with Gasteiger partial charge in [0.05, 0.1) is 10.9 Å². The predicted molar refractivity (Wildman–Crippen MR) is 114 cm³/mol. The van der Waals surface area contributed by atoms with Crippen LogP contribution in [0.3, 0.4) is 0 Å². The molecule has 0 saturated heterocycles. The van der Waals surface area contributed by atoms with Crippen LogP contribution in [0.2, 0.25) is 0 Å². The van der Waals surface area contributed by atoms with E-state index in [0.29, 0.717) is 28.8 Å². The Morgan fingerprint density at radius 1 is 1.21 bits per heavy atom. The summed E-state index contributed by atoms with van der Waals surface area (Å²) in [5.74, 6) is 0.362. The SMILES string of the molecule is C=CCn1c(S[C@@H](C)C(=O)Nc2ccccc2C(C)=O)nnc1-c1ccncc1. The monoisotopic (exact) mass is 407 g/mol. The number of Topliss-reactive ketones (excluding diaryl/α,β-unsaturated/α-hetero) is 1. The Hall–Kier alpha value is -3.26. The van der Waals surface area contributed by atoms with Crippen LogP contribution in [-0.4, -0.2) is 36.7 Å². The van der Waals surface area contributed by atoms with Gasteiger partial charge in [-0.15, -0.1) is 16.8 Å². The Morgan fingerprint density at radius 2 is 1.93 bits per heavy atom. The molecule has 0 saturated carbocycles. The molecule has 1 aromatic carbocycles. The number of pyridine rings is 1. The molecule has 2 heterocycles. The van der Waals surface area contributed by atoms with E-state index in [1.54, 1.807) is 49.7 Å². The van der Waals surface area contributed by atoms with E-state index in [9.17, 15) is 9.59 Å². The van der Waals surface area contributed by atoms with E-state index in [-0.39, 0.29) is 11.7 Å². The number of benzene rings is 1. The van der Waals surface area contributed by atoms with Gasteiger partial charge in [0.15, 0.2) is 16.8 Å². The van der Waals surface area contributed by atoms with E-state index >= 15 is 0 Å². The summed E-state index contributed by atoms with van der Waals surface area (Å²) in [5.41, 5.74) is 1.86. The highest BCUT2D eigenvalue weighted by molar-refractivity contribution is 8.00. The molecule has 1 atom stereocenters. The summed E-state index contributed by atoms with van der Waals surface area (Å²) in [6.07, 6.45) is 5.14. The third kappa shape index (κ3) is 4.78. The van der Waals surface area contributed by atoms with Crippen LogP contribution in [0, 0.1) is 0 Å². The van der Waals surface area contributed by atoms with Crippen molar-refractivity contribution in [1.29, 1.82) is 0 Å². The second kappa shape index (κ2) is 9.29. The van der Waals surface area contributed by atoms with Crippen LogP contribution in [-0.2, 0) is 11.3 Å². The highest BCUT2D eigenvalue weighted by Gasteiger charge is 2.21. The van der Waals surface area contributed by atoms with Gasteiger partial charge in [0.1, 0.15) is 0 Å². The number of aromatic nitrogens is 4. The summed E-state index contributed by atoms with van der Waals surface area (Å²) in [6, 6.07) is 10.7. The minimum absolute atomic E-state index is 0.103. The summed E-state index contributed by atoms with van der Waals surface area (Å²) in [5, 5.41) is 11.5. The summed E-state index contributed by atoms with van der Waals surface area (Å²) < 4.78 is 1.90. The molecule has 29 heavy (non-hydrogen) atoms. The molecule has 0 radical (unpaired) electrons. The van der Waals surface area contributed by atoms with E-state index < -0.39 is 5.25 Å². The van der Waals surface area contributed by atoms with Crippen molar-refractivity contribution in [3.05, 3.63) is 67.0 Å². The number of allylic oxidation sites excluding steroid dienone is 1. The Morgan fingerprint density at radius 3 is 2.62 bits per heavy atom. The molecule has 3 aromatic rings. The standard InChI is InChI=1S/C21H21N5O2S/c1-4-13-26-19(16-9-11-22-12-10-16)24-25-21(26)29-15(3)20(28)23-18-8-6-5-7-17(18)14(2)27/h4-12,15H,1,13H2,2-3H3,(H,23,28)/t15-/m0/s1. The molecule has 0 aliphatic carbocycles. The first kappa shape index (κ1) is 20.5. The number of nitrogens with one attached hydrogen (secondary N) is 1. The minimum Gasteiger partial charge on any atom is -0.324 e. The van der Waals surface area contributed by atoms with Gasteiger partial charge in [-0.1, -0.05) is 30.0 Å². The first-order valence-electron chi connectivity index (χ1n) is 9.03. The van der Waals surface area contributed by atoms with Crippen LogP contribution in [0.1, 0.15) is 24.2 Å². The molecular formula is C21H21N5O2S. The minimum atomic E-state index is -0.451. The fourth-order valence-corrected chi connectivity index (χ4v) is 3.59. The van der Waals surface area contributed by atoms with Crippen molar-refractivity contribution in [2.24, 2.45) is 0 Å². The van der Waals surface area contributed by atoms with Crippen molar-refractivity contribution in [2.45, 2.75) is 30.8 Å². The quantitative estimate of drug-likeness (QED) is 0.347. The van der Waals surface area contributed by atoms with Gasteiger partial charge in [-0.25, -0.2) is 0 Å².